The average molecular weight is 352 g/mol. The van der Waals surface area contributed by atoms with E-state index in [9.17, 15) is 4.79 Å². The third-order valence-corrected chi connectivity index (χ3v) is 4.28. The van der Waals surface area contributed by atoms with E-state index in [0.29, 0.717) is 34.2 Å². The van der Waals surface area contributed by atoms with Crippen molar-refractivity contribution in [3.8, 4) is 11.4 Å². The third kappa shape index (κ3) is 3.65. The summed E-state index contributed by atoms with van der Waals surface area (Å²) in [5.41, 5.74) is 0.624. The summed E-state index contributed by atoms with van der Waals surface area (Å²) in [4.78, 5) is 16.0. The van der Waals surface area contributed by atoms with Crippen LogP contribution in [0.25, 0.3) is 11.4 Å². The largest absolute Gasteiger partial charge is 0.343 e. The lowest BCUT2D eigenvalue weighted by Crippen LogP contribution is -2.17. The van der Waals surface area contributed by atoms with Gasteiger partial charge in [-0.15, -0.1) is 5.10 Å². The van der Waals surface area contributed by atoms with Crippen LogP contribution in [0.2, 0.25) is 5.02 Å². The van der Waals surface area contributed by atoms with Crippen molar-refractivity contribution in [3.63, 3.8) is 0 Å². The SMILES string of the molecule is CCCn1c(SCc2nc(-c3ccc(Cl)cc3)no2)n[nH]c1=O. The molecule has 120 valence electrons. The maximum absolute atomic E-state index is 11.6. The second kappa shape index (κ2) is 7.01. The molecule has 1 aromatic carbocycles. The fourth-order valence-electron chi connectivity index (χ4n) is 1.99. The highest BCUT2D eigenvalue weighted by molar-refractivity contribution is 7.98. The highest BCUT2D eigenvalue weighted by Crippen LogP contribution is 2.22. The van der Waals surface area contributed by atoms with Crippen LogP contribution in [0.1, 0.15) is 19.2 Å². The fourth-order valence-corrected chi connectivity index (χ4v) is 2.93. The zero-order chi connectivity index (χ0) is 16.2. The molecule has 0 unspecified atom stereocenters. The molecule has 0 saturated heterocycles. The van der Waals surface area contributed by atoms with Crippen LogP contribution in [0.5, 0.6) is 0 Å². The van der Waals surface area contributed by atoms with Gasteiger partial charge in [-0.05, 0) is 30.7 Å². The molecular weight excluding hydrogens is 338 g/mol. The van der Waals surface area contributed by atoms with E-state index in [1.165, 1.54) is 11.8 Å². The summed E-state index contributed by atoms with van der Waals surface area (Å²) in [6, 6.07) is 7.21. The number of nitrogens with zero attached hydrogens (tertiary/aromatic N) is 4. The zero-order valence-electron chi connectivity index (χ0n) is 12.3. The van der Waals surface area contributed by atoms with Crippen molar-refractivity contribution in [1.82, 2.24) is 24.9 Å². The Labute approximate surface area is 141 Å². The number of aromatic amines is 1. The van der Waals surface area contributed by atoms with E-state index in [4.69, 9.17) is 16.1 Å². The van der Waals surface area contributed by atoms with E-state index in [1.54, 1.807) is 16.7 Å². The van der Waals surface area contributed by atoms with Gasteiger partial charge in [0.25, 0.3) is 0 Å². The van der Waals surface area contributed by atoms with Crippen molar-refractivity contribution in [3.05, 3.63) is 45.7 Å². The molecule has 0 spiro atoms. The van der Waals surface area contributed by atoms with Crippen LogP contribution in [-0.4, -0.2) is 24.9 Å². The first-order chi connectivity index (χ1) is 11.2. The molecule has 0 amide bonds. The third-order valence-electron chi connectivity index (χ3n) is 3.07. The van der Waals surface area contributed by atoms with E-state index in [-0.39, 0.29) is 5.69 Å². The first-order valence-electron chi connectivity index (χ1n) is 7.04. The number of aromatic nitrogens is 5. The van der Waals surface area contributed by atoms with Gasteiger partial charge in [0.15, 0.2) is 5.16 Å². The Morgan fingerprint density at radius 3 is 2.87 bits per heavy atom. The summed E-state index contributed by atoms with van der Waals surface area (Å²) >= 11 is 7.23. The summed E-state index contributed by atoms with van der Waals surface area (Å²) in [5, 5.41) is 11.7. The van der Waals surface area contributed by atoms with Gasteiger partial charge in [0.2, 0.25) is 11.7 Å². The molecule has 3 aromatic rings. The molecule has 0 aliphatic carbocycles. The smallest absolute Gasteiger partial charge is 0.338 e. The number of halogens is 1. The molecule has 0 radical (unpaired) electrons. The van der Waals surface area contributed by atoms with Crippen LogP contribution >= 0.6 is 23.4 Å². The molecule has 2 heterocycles. The van der Waals surface area contributed by atoms with Gasteiger partial charge in [0.1, 0.15) is 0 Å². The highest BCUT2D eigenvalue weighted by Gasteiger charge is 2.12. The van der Waals surface area contributed by atoms with E-state index >= 15 is 0 Å². The van der Waals surface area contributed by atoms with Crippen LogP contribution in [0.3, 0.4) is 0 Å². The first kappa shape index (κ1) is 15.8. The van der Waals surface area contributed by atoms with E-state index in [0.717, 1.165) is 12.0 Å². The minimum Gasteiger partial charge on any atom is -0.338 e. The molecular formula is C14H14ClN5O2S. The van der Waals surface area contributed by atoms with Crippen molar-refractivity contribution in [2.45, 2.75) is 30.8 Å². The molecule has 23 heavy (non-hydrogen) atoms. The normalized spacial score (nSPS) is 11.0. The van der Waals surface area contributed by atoms with E-state index < -0.39 is 0 Å². The van der Waals surface area contributed by atoms with Crippen molar-refractivity contribution >= 4 is 23.4 Å². The van der Waals surface area contributed by atoms with Crippen LogP contribution in [0, 0.1) is 0 Å². The van der Waals surface area contributed by atoms with E-state index in [1.807, 2.05) is 19.1 Å². The minimum absolute atomic E-state index is 0.207. The average Bonchev–Trinajstić information content (AvgIpc) is 3.15. The topological polar surface area (TPSA) is 89.6 Å². The Bertz CT molecular complexity index is 839. The fraction of sp³-hybridized carbons (Fsp3) is 0.286. The Morgan fingerprint density at radius 2 is 2.13 bits per heavy atom. The van der Waals surface area contributed by atoms with Gasteiger partial charge in [-0.3, -0.25) is 4.57 Å². The predicted molar refractivity (Wildman–Crippen MR) is 87.4 cm³/mol. The number of hydrogen-bond acceptors (Lipinski definition) is 6. The summed E-state index contributed by atoms with van der Waals surface area (Å²) < 4.78 is 6.84. The summed E-state index contributed by atoms with van der Waals surface area (Å²) in [5.74, 6) is 1.41. The quantitative estimate of drug-likeness (QED) is 0.687. The maximum atomic E-state index is 11.6. The molecule has 0 saturated carbocycles. The summed E-state index contributed by atoms with van der Waals surface area (Å²) in [6.45, 7) is 2.63. The molecule has 2 aromatic heterocycles. The van der Waals surface area contributed by atoms with Crippen LogP contribution in [-0.2, 0) is 12.3 Å². The van der Waals surface area contributed by atoms with Crippen LogP contribution in [0.15, 0.2) is 38.7 Å². The number of hydrogen-bond donors (Lipinski definition) is 1. The van der Waals surface area contributed by atoms with Crippen LogP contribution in [0.4, 0.5) is 0 Å². The van der Waals surface area contributed by atoms with Gasteiger partial charge in [0, 0.05) is 17.1 Å². The molecule has 0 fully saturated rings. The van der Waals surface area contributed by atoms with E-state index in [2.05, 4.69) is 20.3 Å². The molecule has 9 heteroatoms. The molecule has 0 aliphatic rings. The standard InChI is InChI=1S/C14H14ClN5O2S/c1-2-7-20-13(21)17-18-14(20)23-8-11-16-12(19-22-11)9-3-5-10(15)6-4-9/h3-6H,2,7-8H2,1H3,(H,17,21). The van der Waals surface area contributed by atoms with Gasteiger partial charge in [-0.2, -0.15) is 4.98 Å². The highest BCUT2D eigenvalue weighted by atomic mass is 35.5. The summed E-state index contributed by atoms with van der Waals surface area (Å²) in [7, 11) is 0. The Hall–Kier alpha value is -2.06. The molecule has 0 bridgehead atoms. The van der Waals surface area contributed by atoms with Crippen LogP contribution < -0.4 is 5.69 Å². The van der Waals surface area contributed by atoms with Gasteiger partial charge < -0.3 is 4.52 Å². The number of thioether (sulfide) groups is 1. The van der Waals surface area contributed by atoms with Gasteiger partial charge in [-0.1, -0.05) is 35.4 Å². The maximum Gasteiger partial charge on any atom is 0.343 e. The second-order valence-corrected chi connectivity index (χ2v) is 6.15. The molecule has 0 atom stereocenters. The lowest BCUT2D eigenvalue weighted by Gasteiger charge is -2.01. The molecule has 1 N–H and O–H groups in total. The molecule has 7 nitrogen and oxygen atoms in total. The van der Waals surface area contributed by atoms with Gasteiger partial charge >= 0.3 is 5.69 Å². The molecule has 0 aliphatic heterocycles. The number of benzene rings is 1. The van der Waals surface area contributed by atoms with Crippen molar-refractivity contribution in [2.75, 3.05) is 0 Å². The zero-order valence-corrected chi connectivity index (χ0v) is 13.9. The first-order valence-corrected chi connectivity index (χ1v) is 8.40. The van der Waals surface area contributed by atoms with Crippen molar-refractivity contribution in [2.24, 2.45) is 0 Å². The van der Waals surface area contributed by atoms with Crippen molar-refractivity contribution in [1.29, 1.82) is 0 Å². The Balaban J connectivity index is 1.70. The van der Waals surface area contributed by atoms with Gasteiger partial charge in [-0.25, -0.2) is 9.89 Å². The second-order valence-electron chi connectivity index (χ2n) is 4.77. The predicted octanol–water partition coefficient (Wildman–Crippen LogP) is 2.98. The van der Waals surface area contributed by atoms with Gasteiger partial charge in [0.05, 0.1) is 5.75 Å². The Morgan fingerprint density at radius 1 is 1.35 bits per heavy atom. The lowest BCUT2D eigenvalue weighted by atomic mass is 10.2. The number of nitrogens with one attached hydrogen (secondary N) is 1. The lowest BCUT2D eigenvalue weighted by molar-refractivity contribution is 0.391. The van der Waals surface area contributed by atoms with Crippen molar-refractivity contribution < 1.29 is 4.52 Å². The summed E-state index contributed by atoms with van der Waals surface area (Å²) in [6.07, 6.45) is 0.855. The monoisotopic (exact) mass is 351 g/mol. The minimum atomic E-state index is -0.207. The Kier molecular flexibility index (Phi) is 4.82. The number of H-pyrrole nitrogens is 1. The molecule has 3 rings (SSSR count). The number of rotatable bonds is 6.